The number of anilines is 1. The molecular weight excluding hydrogens is 390 g/mol. The number of thiazole rings is 1. The summed E-state index contributed by atoms with van der Waals surface area (Å²) in [5.41, 5.74) is 3.40. The van der Waals surface area contributed by atoms with E-state index in [4.69, 9.17) is 0 Å². The third kappa shape index (κ3) is 4.60. The Morgan fingerprint density at radius 1 is 1.29 bits per heavy atom. The maximum absolute atomic E-state index is 12.4. The Kier molecular flexibility index (Phi) is 6.38. The average Bonchev–Trinajstić information content (AvgIpc) is 3.03. The van der Waals surface area contributed by atoms with Gasteiger partial charge in [-0.25, -0.2) is 9.67 Å². The van der Waals surface area contributed by atoms with Gasteiger partial charge in [-0.15, -0.1) is 11.3 Å². The number of piperidine rings is 1. The topological polar surface area (TPSA) is 63.1 Å². The molecule has 0 saturated carbocycles. The molecule has 28 heavy (non-hydrogen) atoms. The summed E-state index contributed by atoms with van der Waals surface area (Å²) < 4.78 is 1.68. The molecule has 0 amide bonds. The molecule has 0 aliphatic carbocycles. The fourth-order valence-corrected chi connectivity index (χ4v) is 5.75. The number of aryl methyl sites for hydroxylation is 3. The van der Waals surface area contributed by atoms with Crippen molar-refractivity contribution in [1.29, 1.82) is 0 Å². The maximum Gasteiger partial charge on any atom is 0.267 e. The molecule has 1 N–H and O–H groups in total. The molecule has 2 aromatic rings. The van der Waals surface area contributed by atoms with Crippen LogP contribution in [-0.2, 0) is 18.7 Å². The number of nitrogens with zero attached hydrogens (tertiary/aromatic N) is 4. The summed E-state index contributed by atoms with van der Waals surface area (Å²) in [7, 11) is 0. The van der Waals surface area contributed by atoms with Crippen molar-refractivity contribution in [3.05, 3.63) is 38.2 Å². The van der Waals surface area contributed by atoms with E-state index in [9.17, 15) is 4.79 Å². The van der Waals surface area contributed by atoms with E-state index in [1.165, 1.54) is 24.1 Å². The average molecular weight is 420 g/mol. The number of thioether (sulfide) groups is 1. The largest absolute Gasteiger partial charge is 0.360 e. The molecule has 1 atom stereocenters. The van der Waals surface area contributed by atoms with Gasteiger partial charge in [-0.2, -0.15) is 16.9 Å². The Morgan fingerprint density at radius 2 is 2.18 bits per heavy atom. The molecule has 2 aliphatic rings. The Bertz CT molecular complexity index is 858. The van der Waals surface area contributed by atoms with Crippen LogP contribution in [0.15, 0.2) is 10.9 Å². The Hall–Kier alpha value is -1.38. The third-order valence-electron chi connectivity index (χ3n) is 5.77. The SMILES string of the molecule is Cc1nc(NCC2CCCCN2CCn2nc3c(cc2=O)CSCC3)sc1C. The van der Waals surface area contributed by atoms with Crippen LogP contribution in [0.4, 0.5) is 5.13 Å². The lowest BCUT2D eigenvalue weighted by atomic mass is 10.0. The zero-order chi connectivity index (χ0) is 19.5. The number of hydrogen-bond acceptors (Lipinski definition) is 7. The van der Waals surface area contributed by atoms with Gasteiger partial charge >= 0.3 is 0 Å². The molecule has 8 heteroatoms. The quantitative estimate of drug-likeness (QED) is 0.776. The van der Waals surface area contributed by atoms with Crippen LogP contribution in [0.3, 0.4) is 0 Å². The van der Waals surface area contributed by atoms with Gasteiger partial charge in [0.05, 0.1) is 17.9 Å². The fourth-order valence-electron chi connectivity index (χ4n) is 3.97. The van der Waals surface area contributed by atoms with Crippen LogP contribution in [0.25, 0.3) is 0 Å². The van der Waals surface area contributed by atoms with Crippen LogP contribution < -0.4 is 10.9 Å². The second-order valence-corrected chi connectivity index (χ2v) is 10.0. The standard InChI is InChI=1S/C20H29N5OS2/c1-14-15(2)28-20(22-14)21-12-17-5-3-4-7-24(17)8-9-25-19(26)11-16-13-27-10-6-18(16)23-25/h11,17H,3-10,12-13H2,1-2H3,(H,21,22). The van der Waals surface area contributed by atoms with E-state index >= 15 is 0 Å². The highest BCUT2D eigenvalue weighted by Crippen LogP contribution is 2.23. The van der Waals surface area contributed by atoms with Gasteiger partial charge in [-0.05, 0) is 44.6 Å². The van der Waals surface area contributed by atoms with E-state index in [0.29, 0.717) is 12.6 Å². The van der Waals surface area contributed by atoms with E-state index in [1.54, 1.807) is 22.1 Å². The smallest absolute Gasteiger partial charge is 0.267 e. The first-order valence-electron chi connectivity index (χ1n) is 10.2. The van der Waals surface area contributed by atoms with Gasteiger partial charge in [0.2, 0.25) is 0 Å². The zero-order valence-electron chi connectivity index (χ0n) is 16.7. The molecule has 2 aromatic heterocycles. The lowest BCUT2D eigenvalue weighted by Gasteiger charge is -2.35. The molecule has 152 valence electrons. The molecule has 2 aliphatic heterocycles. The van der Waals surface area contributed by atoms with Crippen LogP contribution in [0, 0.1) is 13.8 Å². The Morgan fingerprint density at radius 3 is 3.00 bits per heavy atom. The molecule has 0 radical (unpaired) electrons. The summed E-state index contributed by atoms with van der Waals surface area (Å²) in [6.45, 7) is 7.74. The van der Waals surface area contributed by atoms with Crippen LogP contribution in [-0.4, -0.2) is 51.1 Å². The number of fused-ring (bicyclic) bond motifs is 1. The van der Waals surface area contributed by atoms with Crippen LogP contribution in [0.1, 0.15) is 41.1 Å². The van der Waals surface area contributed by atoms with Crippen molar-refractivity contribution in [2.75, 3.05) is 30.7 Å². The van der Waals surface area contributed by atoms with Crippen LogP contribution in [0.5, 0.6) is 0 Å². The van der Waals surface area contributed by atoms with Gasteiger partial charge in [0.1, 0.15) is 0 Å². The van der Waals surface area contributed by atoms with E-state index in [0.717, 1.165) is 59.6 Å². The van der Waals surface area contributed by atoms with Crippen molar-refractivity contribution in [2.45, 2.75) is 57.9 Å². The summed E-state index contributed by atoms with van der Waals surface area (Å²) in [6, 6.07) is 2.29. The fraction of sp³-hybridized carbons (Fsp3) is 0.650. The number of rotatable bonds is 6. The van der Waals surface area contributed by atoms with E-state index in [1.807, 2.05) is 11.8 Å². The summed E-state index contributed by atoms with van der Waals surface area (Å²) >= 11 is 3.62. The highest BCUT2D eigenvalue weighted by atomic mass is 32.2. The maximum atomic E-state index is 12.4. The molecule has 4 rings (SSSR count). The van der Waals surface area contributed by atoms with Gasteiger partial charge in [-0.3, -0.25) is 9.69 Å². The molecule has 1 unspecified atom stereocenters. The monoisotopic (exact) mass is 419 g/mol. The summed E-state index contributed by atoms with van der Waals surface area (Å²) in [6.07, 6.45) is 4.67. The van der Waals surface area contributed by atoms with Crippen molar-refractivity contribution in [3.8, 4) is 0 Å². The molecule has 0 bridgehead atoms. The number of likely N-dealkylation sites (tertiary alicyclic amines) is 1. The first-order chi connectivity index (χ1) is 13.6. The molecule has 0 spiro atoms. The van der Waals surface area contributed by atoms with Gasteiger partial charge < -0.3 is 5.32 Å². The first kappa shape index (κ1) is 19.9. The van der Waals surface area contributed by atoms with Crippen molar-refractivity contribution < 1.29 is 0 Å². The Balaban J connectivity index is 1.37. The summed E-state index contributed by atoms with van der Waals surface area (Å²) in [4.78, 5) is 20.8. The van der Waals surface area contributed by atoms with Crippen molar-refractivity contribution in [2.24, 2.45) is 0 Å². The van der Waals surface area contributed by atoms with Crippen molar-refractivity contribution in [1.82, 2.24) is 19.7 Å². The highest BCUT2D eigenvalue weighted by Gasteiger charge is 2.23. The highest BCUT2D eigenvalue weighted by molar-refractivity contribution is 7.98. The molecule has 6 nitrogen and oxygen atoms in total. The van der Waals surface area contributed by atoms with Crippen LogP contribution >= 0.6 is 23.1 Å². The predicted octanol–water partition coefficient (Wildman–Crippen LogP) is 3.07. The number of hydrogen-bond donors (Lipinski definition) is 1. The second-order valence-electron chi connectivity index (χ2n) is 7.71. The molecule has 1 saturated heterocycles. The minimum absolute atomic E-state index is 0.0432. The number of nitrogens with one attached hydrogen (secondary N) is 1. The number of aromatic nitrogens is 3. The lowest BCUT2D eigenvalue weighted by Crippen LogP contribution is -2.45. The Labute approximate surface area is 174 Å². The lowest BCUT2D eigenvalue weighted by molar-refractivity contribution is 0.148. The van der Waals surface area contributed by atoms with Gasteiger partial charge in [0.25, 0.3) is 5.56 Å². The summed E-state index contributed by atoms with van der Waals surface area (Å²) in [5.74, 6) is 2.03. The molecule has 0 aromatic carbocycles. The minimum atomic E-state index is 0.0432. The van der Waals surface area contributed by atoms with E-state index < -0.39 is 0 Å². The van der Waals surface area contributed by atoms with Gasteiger partial charge in [0.15, 0.2) is 5.13 Å². The van der Waals surface area contributed by atoms with Gasteiger partial charge in [-0.1, -0.05) is 6.42 Å². The predicted molar refractivity (Wildman–Crippen MR) is 118 cm³/mol. The third-order valence-corrected chi connectivity index (χ3v) is 7.81. The molecule has 1 fully saturated rings. The van der Waals surface area contributed by atoms with Crippen molar-refractivity contribution >= 4 is 28.2 Å². The minimum Gasteiger partial charge on any atom is -0.360 e. The summed E-state index contributed by atoms with van der Waals surface area (Å²) in [5, 5.41) is 9.22. The van der Waals surface area contributed by atoms with E-state index in [2.05, 4.69) is 34.1 Å². The normalized spacial score (nSPS) is 20.1. The second kappa shape index (κ2) is 8.97. The van der Waals surface area contributed by atoms with Gasteiger partial charge in [0, 0.05) is 42.2 Å². The zero-order valence-corrected chi connectivity index (χ0v) is 18.4. The molecular formula is C20H29N5OS2. The van der Waals surface area contributed by atoms with E-state index in [-0.39, 0.29) is 5.56 Å². The van der Waals surface area contributed by atoms with Crippen LogP contribution in [0.2, 0.25) is 0 Å². The first-order valence-corrected chi connectivity index (χ1v) is 12.2. The molecule has 4 heterocycles. The van der Waals surface area contributed by atoms with Crippen molar-refractivity contribution in [3.63, 3.8) is 0 Å².